The number of pyridine rings is 1. The largest absolute Gasteiger partial charge is 0.407 e. The van der Waals surface area contributed by atoms with E-state index in [2.05, 4.69) is 10.3 Å². The first-order valence-corrected chi connectivity index (χ1v) is 5.67. The summed E-state index contributed by atoms with van der Waals surface area (Å²) in [7, 11) is 0. The maximum Gasteiger partial charge on any atom is 0.407 e. The van der Waals surface area contributed by atoms with E-state index in [-0.39, 0.29) is 12.1 Å². The van der Waals surface area contributed by atoms with Crippen molar-refractivity contribution in [1.82, 2.24) is 10.3 Å². The van der Waals surface area contributed by atoms with Crippen molar-refractivity contribution in [3.05, 3.63) is 42.1 Å². The number of hydrogen-bond acceptors (Lipinski definition) is 2. The van der Waals surface area contributed by atoms with Crippen molar-refractivity contribution in [2.45, 2.75) is 19.1 Å². The molecule has 0 bridgehead atoms. The van der Waals surface area contributed by atoms with Gasteiger partial charge in [0.1, 0.15) is 6.04 Å². The minimum Gasteiger partial charge on any atom is -0.303 e. The summed E-state index contributed by atoms with van der Waals surface area (Å²) >= 11 is 0. The van der Waals surface area contributed by atoms with Gasteiger partial charge in [-0.05, 0) is 30.3 Å². The fourth-order valence-electron chi connectivity index (χ4n) is 1.90. The van der Waals surface area contributed by atoms with Crippen LogP contribution >= 0.6 is 0 Å². The molecule has 0 aliphatic carbocycles. The second kappa shape index (κ2) is 4.94. The van der Waals surface area contributed by atoms with Crippen molar-refractivity contribution in [2.24, 2.45) is 0 Å². The number of fused-ring (bicyclic) bond motifs is 1. The van der Waals surface area contributed by atoms with Crippen LogP contribution in [0.1, 0.15) is 18.5 Å². The van der Waals surface area contributed by atoms with Crippen molar-refractivity contribution < 1.29 is 13.2 Å². The molecule has 0 amide bonds. The Labute approximate surface area is 103 Å². The summed E-state index contributed by atoms with van der Waals surface area (Å²) in [4.78, 5) is 4.09. The zero-order valence-electron chi connectivity index (χ0n) is 9.83. The minimum atomic E-state index is -4.30. The lowest BCUT2D eigenvalue weighted by atomic mass is 10.0. The third-order valence-electron chi connectivity index (χ3n) is 2.70. The van der Waals surface area contributed by atoms with Gasteiger partial charge >= 0.3 is 6.18 Å². The van der Waals surface area contributed by atoms with Gasteiger partial charge in [0.15, 0.2) is 0 Å². The normalized spacial score (nSPS) is 13.8. The fraction of sp³-hybridized carbons (Fsp3) is 0.308. The molecule has 0 aliphatic rings. The molecule has 1 unspecified atom stereocenters. The zero-order chi connectivity index (χ0) is 13.2. The number of halogens is 3. The summed E-state index contributed by atoms with van der Waals surface area (Å²) in [6.45, 7) is 1.91. The lowest BCUT2D eigenvalue weighted by molar-refractivity contribution is -0.157. The van der Waals surface area contributed by atoms with Crippen LogP contribution in [0.2, 0.25) is 0 Å². The van der Waals surface area contributed by atoms with Gasteiger partial charge < -0.3 is 5.32 Å². The third kappa shape index (κ3) is 2.61. The lowest BCUT2D eigenvalue weighted by Gasteiger charge is -2.21. The highest BCUT2D eigenvalue weighted by molar-refractivity contribution is 5.79. The van der Waals surface area contributed by atoms with Crippen LogP contribution in [-0.4, -0.2) is 17.7 Å². The molecule has 2 aromatic rings. The molecular formula is C13H13F3N2. The van der Waals surface area contributed by atoms with E-state index < -0.39 is 12.2 Å². The van der Waals surface area contributed by atoms with Crippen LogP contribution in [0.3, 0.4) is 0 Å². The Morgan fingerprint density at radius 3 is 2.72 bits per heavy atom. The van der Waals surface area contributed by atoms with Crippen LogP contribution in [0.15, 0.2) is 36.5 Å². The number of hydrogen-bond donors (Lipinski definition) is 1. The molecule has 1 aromatic heterocycles. The first kappa shape index (κ1) is 12.8. The monoisotopic (exact) mass is 254 g/mol. The number of nitrogens with one attached hydrogen (secondary N) is 1. The van der Waals surface area contributed by atoms with Gasteiger partial charge in [-0.1, -0.05) is 19.1 Å². The van der Waals surface area contributed by atoms with E-state index >= 15 is 0 Å². The molecule has 0 aliphatic heterocycles. The lowest BCUT2D eigenvalue weighted by Crippen LogP contribution is -2.33. The molecule has 0 spiro atoms. The molecule has 0 fully saturated rings. The molecule has 18 heavy (non-hydrogen) atoms. The Balaban J connectivity index is 2.44. The number of alkyl halides is 3. The van der Waals surface area contributed by atoms with Crippen LogP contribution in [0, 0.1) is 0 Å². The van der Waals surface area contributed by atoms with Crippen molar-refractivity contribution in [1.29, 1.82) is 0 Å². The van der Waals surface area contributed by atoms with Crippen molar-refractivity contribution in [3.63, 3.8) is 0 Å². The smallest absolute Gasteiger partial charge is 0.303 e. The van der Waals surface area contributed by atoms with Crippen LogP contribution in [0.4, 0.5) is 13.2 Å². The Morgan fingerprint density at radius 1 is 1.28 bits per heavy atom. The molecular weight excluding hydrogens is 241 g/mol. The molecule has 1 atom stereocenters. The molecule has 96 valence electrons. The van der Waals surface area contributed by atoms with Crippen molar-refractivity contribution in [3.8, 4) is 0 Å². The van der Waals surface area contributed by atoms with Gasteiger partial charge in [-0.3, -0.25) is 4.98 Å². The summed E-state index contributed by atoms with van der Waals surface area (Å²) in [5.74, 6) is 0. The van der Waals surface area contributed by atoms with E-state index in [4.69, 9.17) is 0 Å². The number of aromatic nitrogens is 1. The van der Waals surface area contributed by atoms with Crippen LogP contribution in [0.25, 0.3) is 10.9 Å². The highest BCUT2D eigenvalue weighted by Crippen LogP contribution is 2.33. The van der Waals surface area contributed by atoms with Crippen molar-refractivity contribution in [2.75, 3.05) is 6.54 Å². The Hall–Kier alpha value is -1.62. The second-order valence-electron chi connectivity index (χ2n) is 3.99. The molecule has 1 N–H and O–H groups in total. The van der Waals surface area contributed by atoms with E-state index in [9.17, 15) is 13.2 Å². The highest BCUT2D eigenvalue weighted by atomic mass is 19.4. The van der Waals surface area contributed by atoms with Gasteiger partial charge in [0.2, 0.25) is 0 Å². The second-order valence-corrected chi connectivity index (χ2v) is 3.99. The molecule has 2 nitrogen and oxygen atoms in total. The number of nitrogens with zero attached hydrogens (tertiary/aromatic N) is 1. The van der Waals surface area contributed by atoms with Gasteiger partial charge in [-0.2, -0.15) is 13.2 Å². The number of benzene rings is 1. The summed E-state index contributed by atoms with van der Waals surface area (Å²) in [5, 5.41) is 3.17. The van der Waals surface area contributed by atoms with Crippen LogP contribution in [0.5, 0.6) is 0 Å². The van der Waals surface area contributed by atoms with Gasteiger partial charge in [-0.25, -0.2) is 0 Å². The summed E-state index contributed by atoms with van der Waals surface area (Å²) in [5.41, 5.74) is 0.906. The average Bonchev–Trinajstić information content (AvgIpc) is 2.34. The van der Waals surface area contributed by atoms with E-state index in [0.717, 1.165) is 0 Å². The molecule has 0 saturated heterocycles. The topological polar surface area (TPSA) is 24.9 Å². The standard InChI is InChI=1S/C13H13F3N2/c1-2-17-12(13(14,15)16)10-5-6-11-9(8-10)4-3-7-18-11/h3-8,12,17H,2H2,1H3. The first-order chi connectivity index (χ1) is 8.52. The minimum absolute atomic E-state index is 0.213. The zero-order valence-corrected chi connectivity index (χ0v) is 9.83. The maximum atomic E-state index is 12.9. The van der Waals surface area contributed by atoms with E-state index in [1.165, 1.54) is 12.1 Å². The highest BCUT2D eigenvalue weighted by Gasteiger charge is 2.40. The molecule has 2 rings (SSSR count). The molecule has 1 aromatic carbocycles. The molecule has 0 saturated carbocycles. The Bertz CT molecular complexity index is 537. The average molecular weight is 254 g/mol. The SMILES string of the molecule is CCNC(c1ccc2ncccc2c1)C(F)(F)F. The summed E-state index contributed by atoms with van der Waals surface area (Å²) in [6, 6.07) is 6.44. The van der Waals surface area contributed by atoms with Crippen LogP contribution in [-0.2, 0) is 0 Å². The van der Waals surface area contributed by atoms with Gasteiger partial charge in [-0.15, -0.1) is 0 Å². The Morgan fingerprint density at radius 2 is 2.06 bits per heavy atom. The Kier molecular flexibility index (Phi) is 3.52. The molecule has 1 heterocycles. The van der Waals surface area contributed by atoms with Gasteiger partial charge in [0.25, 0.3) is 0 Å². The summed E-state index contributed by atoms with van der Waals surface area (Å²) in [6.07, 6.45) is -2.68. The van der Waals surface area contributed by atoms with Crippen LogP contribution < -0.4 is 5.32 Å². The van der Waals surface area contributed by atoms with E-state index in [1.807, 2.05) is 0 Å². The summed E-state index contributed by atoms with van der Waals surface area (Å²) < 4.78 is 38.7. The van der Waals surface area contributed by atoms with Gasteiger partial charge in [0, 0.05) is 11.6 Å². The third-order valence-corrected chi connectivity index (χ3v) is 2.70. The quantitative estimate of drug-likeness (QED) is 0.907. The predicted molar refractivity (Wildman–Crippen MR) is 64.2 cm³/mol. The van der Waals surface area contributed by atoms with E-state index in [0.29, 0.717) is 10.9 Å². The molecule has 0 radical (unpaired) electrons. The maximum absolute atomic E-state index is 12.9. The molecule has 5 heteroatoms. The first-order valence-electron chi connectivity index (χ1n) is 5.67. The number of rotatable bonds is 3. The fourth-order valence-corrected chi connectivity index (χ4v) is 1.90. The predicted octanol–water partition coefficient (Wildman–Crippen LogP) is 3.45. The van der Waals surface area contributed by atoms with Gasteiger partial charge in [0.05, 0.1) is 5.52 Å². The van der Waals surface area contributed by atoms with E-state index in [1.54, 1.807) is 31.3 Å². The van der Waals surface area contributed by atoms with Crippen molar-refractivity contribution >= 4 is 10.9 Å².